The van der Waals surface area contributed by atoms with Gasteiger partial charge in [-0.1, -0.05) is 59.7 Å². The van der Waals surface area contributed by atoms with Gasteiger partial charge in [-0.25, -0.2) is 0 Å². The molecule has 0 saturated carbocycles. The summed E-state index contributed by atoms with van der Waals surface area (Å²) < 4.78 is 0. The summed E-state index contributed by atoms with van der Waals surface area (Å²) in [5, 5.41) is 3.23. The Morgan fingerprint density at radius 1 is 1.05 bits per heavy atom. The number of rotatable bonds is 7. The first kappa shape index (κ1) is 17.7. The standard InChI is InChI=1S/C19H31NO/c1-7-15-10-9-11-16(8-2)18(15)20-19(21)17(14(5)6)12-13(3)4/h9-11,13-14,17H,7-8,12H2,1-6H3,(H,20,21). The average molecular weight is 289 g/mol. The Morgan fingerprint density at radius 2 is 1.57 bits per heavy atom. The van der Waals surface area contributed by atoms with Crippen LogP contribution in [0.2, 0.25) is 0 Å². The van der Waals surface area contributed by atoms with E-state index in [0.717, 1.165) is 24.9 Å². The molecular formula is C19H31NO. The Bertz CT molecular complexity index is 440. The predicted molar refractivity (Wildman–Crippen MR) is 91.6 cm³/mol. The van der Waals surface area contributed by atoms with Crippen molar-refractivity contribution in [2.45, 2.75) is 60.8 Å². The van der Waals surface area contributed by atoms with E-state index in [1.807, 2.05) is 0 Å². The van der Waals surface area contributed by atoms with Gasteiger partial charge in [0.1, 0.15) is 0 Å². The monoisotopic (exact) mass is 289 g/mol. The largest absolute Gasteiger partial charge is 0.325 e. The van der Waals surface area contributed by atoms with Crippen molar-refractivity contribution in [3.63, 3.8) is 0 Å². The Kier molecular flexibility index (Phi) is 6.94. The van der Waals surface area contributed by atoms with E-state index in [2.05, 4.69) is 65.1 Å². The van der Waals surface area contributed by atoms with Gasteiger partial charge in [-0.05, 0) is 42.2 Å². The molecule has 2 heteroatoms. The van der Waals surface area contributed by atoms with Crippen LogP contribution in [-0.2, 0) is 17.6 Å². The van der Waals surface area contributed by atoms with Crippen molar-refractivity contribution in [3.8, 4) is 0 Å². The zero-order valence-corrected chi connectivity index (χ0v) is 14.5. The molecule has 1 unspecified atom stereocenters. The second kappa shape index (κ2) is 8.21. The summed E-state index contributed by atoms with van der Waals surface area (Å²) in [5.74, 6) is 1.16. The van der Waals surface area contributed by atoms with Gasteiger partial charge < -0.3 is 5.32 Å². The van der Waals surface area contributed by atoms with Gasteiger partial charge in [0.25, 0.3) is 0 Å². The minimum atomic E-state index is 0.0830. The van der Waals surface area contributed by atoms with E-state index in [0.29, 0.717) is 11.8 Å². The Morgan fingerprint density at radius 3 is 1.95 bits per heavy atom. The zero-order chi connectivity index (χ0) is 16.0. The molecule has 0 aliphatic rings. The maximum atomic E-state index is 12.7. The van der Waals surface area contributed by atoms with Crippen molar-refractivity contribution >= 4 is 11.6 Å². The highest BCUT2D eigenvalue weighted by Gasteiger charge is 2.24. The van der Waals surface area contributed by atoms with Crippen LogP contribution in [0.4, 0.5) is 5.69 Å². The topological polar surface area (TPSA) is 29.1 Å². The number of nitrogens with one attached hydrogen (secondary N) is 1. The number of anilines is 1. The summed E-state index contributed by atoms with van der Waals surface area (Å²) in [6, 6.07) is 6.31. The fourth-order valence-corrected chi connectivity index (χ4v) is 2.81. The van der Waals surface area contributed by atoms with Gasteiger partial charge in [0, 0.05) is 11.6 Å². The van der Waals surface area contributed by atoms with Crippen LogP contribution in [0.5, 0.6) is 0 Å². The maximum absolute atomic E-state index is 12.7. The zero-order valence-electron chi connectivity index (χ0n) is 14.5. The van der Waals surface area contributed by atoms with Crippen LogP contribution < -0.4 is 5.32 Å². The van der Waals surface area contributed by atoms with Crippen LogP contribution in [-0.4, -0.2) is 5.91 Å². The molecule has 21 heavy (non-hydrogen) atoms. The Hall–Kier alpha value is -1.31. The molecule has 0 spiro atoms. The lowest BCUT2D eigenvalue weighted by molar-refractivity contribution is -0.121. The number of hydrogen-bond acceptors (Lipinski definition) is 1. The van der Waals surface area contributed by atoms with Crippen LogP contribution >= 0.6 is 0 Å². The van der Waals surface area contributed by atoms with E-state index in [9.17, 15) is 4.79 Å². The number of carbonyl (C=O) groups excluding carboxylic acids is 1. The molecule has 1 amide bonds. The average Bonchev–Trinajstić information content (AvgIpc) is 2.44. The maximum Gasteiger partial charge on any atom is 0.227 e. The first-order valence-corrected chi connectivity index (χ1v) is 8.32. The van der Waals surface area contributed by atoms with E-state index in [1.54, 1.807) is 0 Å². The van der Waals surface area contributed by atoms with Crippen LogP contribution in [0.1, 0.15) is 59.1 Å². The van der Waals surface area contributed by atoms with Crippen LogP contribution in [0.3, 0.4) is 0 Å². The highest BCUT2D eigenvalue weighted by Crippen LogP contribution is 2.26. The lowest BCUT2D eigenvalue weighted by atomic mass is 9.86. The van der Waals surface area contributed by atoms with Crippen LogP contribution in [0.25, 0.3) is 0 Å². The molecule has 1 rings (SSSR count). The van der Waals surface area contributed by atoms with Crippen molar-refractivity contribution in [1.29, 1.82) is 0 Å². The normalized spacial score (nSPS) is 12.8. The summed E-state index contributed by atoms with van der Waals surface area (Å²) in [4.78, 5) is 12.7. The van der Waals surface area contributed by atoms with Crippen LogP contribution in [0, 0.1) is 17.8 Å². The van der Waals surface area contributed by atoms with Crippen LogP contribution in [0.15, 0.2) is 18.2 Å². The highest BCUT2D eigenvalue weighted by molar-refractivity contribution is 5.94. The number of para-hydroxylation sites is 1. The molecule has 0 aromatic heterocycles. The van der Waals surface area contributed by atoms with Crippen molar-refractivity contribution in [2.75, 3.05) is 5.32 Å². The molecule has 0 heterocycles. The number of amides is 1. The van der Waals surface area contributed by atoms with Crippen molar-refractivity contribution in [2.24, 2.45) is 17.8 Å². The van der Waals surface area contributed by atoms with E-state index in [4.69, 9.17) is 0 Å². The molecule has 1 N–H and O–H groups in total. The summed E-state index contributed by atoms with van der Waals surface area (Å²) in [5.41, 5.74) is 3.51. The third-order valence-corrected chi connectivity index (χ3v) is 4.11. The second-order valence-corrected chi connectivity index (χ2v) is 6.63. The highest BCUT2D eigenvalue weighted by atomic mass is 16.1. The molecule has 0 aliphatic carbocycles. The third kappa shape index (κ3) is 4.87. The first-order chi connectivity index (χ1) is 9.90. The molecule has 0 saturated heterocycles. The lowest BCUT2D eigenvalue weighted by Gasteiger charge is -2.23. The summed E-state index contributed by atoms with van der Waals surface area (Å²) in [7, 11) is 0. The molecule has 2 nitrogen and oxygen atoms in total. The van der Waals surface area contributed by atoms with Gasteiger partial charge in [0.15, 0.2) is 0 Å². The van der Waals surface area contributed by atoms with E-state index in [-0.39, 0.29) is 11.8 Å². The minimum Gasteiger partial charge on any atom is -0.325 e. The second-order valence-electron chi connectivity index (χ2n) is 6.63. The smallest absolute Gasteiger partial charge is 0.227 e. The van der Waals surface area contributed by atoms with Gasteiger partial charge in [-0.3, -0.25) is 4.79 Å². The van der Waals surface area contributed by atoms with Gasteiger partial charge in [-0.2, -0.15) is 0 Å². The van der Waals surface area contributed by atoms with Crippen molar-refractivity contribution in [3.05, 3.63) is 29.3 Å². The molecule has 1 atom stereocenters. The molecule has 1 aromatic carbocycles. The first-order valence-electron chi connectivity index (χ1n) is 8.32. The fraction of sp³-hybridized carbons (Fsp3) is 0.632. The lowest BCUT2D eigenvalue weighted by Crippen LogP contribution is -2.29. The summed E-state index contributed by atoms with van der Waals surface area (Å²) in [6.07, 6.45) is 2.83. The molecule has 0 bridgehead atoms. The molecule has 0 aliphatic heterocycles. The number of hydrogen-bond donors (Lipinski definition) is 1. The van der Waals surface area contributed by atoms with E-state index < -0.39 is 0 Å². The molecule has 118 valence electrons. The number of aryl methyl sites for hydroxylation is 2. The SMILES string of the molecule is CCc1cccc(CC)c1NC(=O)C(CC(C)C)C(C)C. The molecule has 1 aromatic rings. The molecular weight excluding hydrogens is 258 g/mol. The summed E-state index contributed by atoms with van der Waals surface area (Å²) in [6.45, 7) is 12.9. The van der Waals surface area contributed by atoms with Gasteiger partial charge in [-0.15, -0.1) is 0 Å². The third-order valence-electron chi connectivity index (χ3n) is 4.11. The van der Waals surface area contributed by atoms with Gasteiger partial charge in [0.05, 0.1) is 0 Å². The van der Waals surface area contributed by atoms with E-state index >= 15 is 0 Å². The molecule has 0 fully saturated rings. The number of benzene rings is 1. The number of carbonyl (C=O) groups is 1. The predicted octanol–water partition coefficient (Wildman–Crippen LogP) is 5.07. The fourth-order valence-electron chi connectivity index (χ4n) is 2.81. The Labute approximate surface area is 130 Å². The van der Waals surface area contributed by atoms with E-state index in [1.165, 1.54) is 11.1 Å². The Balaban J connectivity index is 3.00. The summed E-state index contributed by atoms with van der Waals surface area (Å²) >= 11 is 0. The van der Waals surface area contributed by atoms with Crippen molar-refractivity contribution in [1.82, 2.24) is 0 Å². The minimum absolute atomic E-state index is 0.0830. The van der Waals surface area contributed by atoms with Gasteiger partial charge >= 0.3 is 0 Å². The quantitative estimate of drug-likeness (QED) is 0.746. The van der Waals surface area contributed by atoms with Gasteiger partial charge in [0.2, 0.25) is 5.91 Å². The molecule has 0 radical (unpaired) electrons. The van der Waals surface area contributed by atoms with Crippen molar-refractivity contribution < 1.29 is 4.79 Å².